The number of aromatic nitrogens is 2. The number of rotatable bonds is 6. The average Bonchev–Trinajstić information content (AvgIpc) is 2.98. The molecule has 1 heterocycles. The summed E-state index contributed by atoms with van der Waals surface area (Å²) >= 11 is 0.253. The van der Waals surface area contributed by atoms with Gasteiger partial charge in [0.1, 0.15) is 0 Å². The monoisotopic (exact) mass is 361 g/mol. The molecule has 1 aromatic heterocycles. The van der Waals surface area contributed by atoms with Gasteiger partial charge in [-0.2, -0.15) is 13.2 Å². The molecule has 10 heteroatoms. The lowest BCUT2D eigenvalue weighted by atomic mass is 10.2. The maximum Gasteiger partial charge on any atom is 0.445 e. The lowest BCUT2D eigenvalue weighted by Crippen LogP contribution is -2.12. The Kier molecular flexibility index (Phi) is 5.60. The number of nitrogens with one attached hydrogen (secondary N) is 1. The molecule has 0 aliphatic heterocycles. The number of alkyl halides is 3. The van der Waals surface area contributed by atoms with E-state index < -0.39 is 17.1 Å². The first kappa shape index (κ1) is 18.0. The van der Waals surface area contributed by atoms with Crippen molar-refractivity contribution in [2.45, 2.75) is 20.0 Å². The van der Waals surface area contributed by atoms with Crippen LogP contribution in [0.25, 0.3) is 0 Å². The number of anilines is 1. The van der Waals surface area contributed by atoms with Crippen LogP contribution in [0.15, 0.2) is 18.2 Å². The van der Waals surface area contributed by atoms with Gasteiger partial charge in [-0.05, 0) is 32.0 Å². The minimum absolute atomic E-state index is 0.200. The highest BCUT2D eigenvalue weighted by molar-refractivity contribution is 7.15. The Hall–Kier alpha value is -2.36. The summed E-state index contributed by atoms with van der Waals surface area (Å²) < 4.78 is 48.2. The van der Waals surface area contributed by atoms with Gasteiger partial charge in [-0.1, -0.05) is 11.3 Å². The molecule has 0 aliphatic carbocycles. The van der Waals surface area contributed by atoms with Crippen LogP contribution in [0.1, 0.15) is 29.2 Å². The fraction of sp³-hybridized carbons (Fsp3) is 0.357. The van der Waals surface area contributed by atoms with E-state index in [-0.39, 0.29) is 22.0 Å². The van der Waals surface area contributed by atoms with E-state index in [1.165, 1.54) is 12.1 Å². The Labute approximate surface area is 139 Å². The summed E-state index contributed by atoms with van der Waals surface area (Å²) in [6.07, 6.45) is -4.60. The van der Waals surface area contributed by atoms with E-state index >= 15 is 0 Å². The number of hydrogen-bond donors (Lipinski definition) is 1. The smallest absolute Gasteiger partial charge is 0.445 e. The first-order chi connectivity index (χ1) is 11.3. The van der Waals surface area contributed by atoms with E-state index in [1.54, 1.807) is 13.0 Å². The zero-order valence-corrected chi connectivity index (χ0v) is 13.6. The van der Waals surface area contributed by atoms with Crippen LogP contribution >= 0.6 is 11.3 Å². The second-order valence-electron chi connectivity index (χ2n) is 4.39. The van der Waals surface area contributed by atoms with Crippen LogP contribution in [0, 0.1) is 0 Å². The summed E-state index contributed by atoms with van der Waals surface area (Å²) in [7, 11) is 0. The second kappa shape index (κ2) is 7.47. The van der Waals surface area contributed by atoms with Crippen molar-refractivity contribution >= 4 is 22.4 Å². The minimum Gasteiger partial charge on any atom is -0.490 e. The van der Waals surface area contributed by atoms with E-state index in [9.17, 15) is 18.0 Å². The molecule has 1 N–H and O–H groups in total. The predicted octanol–water partition coefficient (Wildman–Crippen LogP) is 3.61. The van der Waals surface area contributed by atoms with Crippen molar-refractivity contribution < 1.29 is 27.4 Å². The summed E-state index contributed by atoms with van der Waals surface area (Å²) in [5.41, 5.74) is 0.200. The van der Waals surface area contributed by atoms with Crippen LogP contribution in [0.2, 0.25) is 0 Å². The van der Waals surface area contributed by atoms with Crippen LogP contribution in [0.5, 0.6) is 11.5 Å². The van der Waals surface area contributed by atoms with Gasteiger partial charge >= 0.3 is 6.18 Å². The van der Waals surface area contributed by atoms with Crippen LogP contribution in [0.4, 0.5) is 18.3 Å². The van der Waals surface area contributed by atoms with Gasteiger partial charge in [-0.3, -0.25) is 10.1 Å². The number of halogens is 3. The third-order valence-electron chi connectivity index (χ3n) is 2.69. The van der Waals surface area contributed by atoms with Crippen LogP contribution in [0.3, 0.4) is 0 Å². The van der Waals surface area contributed by atoms with Gasteiger partial charge in [0.2, 0.25) is 10.1 Å². The molecule has 0 atom stereocenters. The normalized spacial score (nSPS) is 11.2. The molecular weight excluding hydrogens is 347 g/mol. The predicted molar refractivity (Wildman–Crippen MR) is 81.6 cm³/mol. The minimum atomic E-state index is -4.60. The molecule has 0 saturated heterocycles. The molecule has 0 aliphatic rings. The largest absolute Gasteiger partial charge is 0.490 e. The number of carbonyl (C=O) groups is 1. The summed E-state index contributed by atoms with van der Waals surface area (Å²) in [5, 5.41) is 7.24. The molecule has 1 aromatic carbocycles. The third-order valence-corrected chi connectivity index (χ3v) is 3.58. The summed E-state index contributed by atoms with van der Waals surface area (Å²) in [6, 6.07) is 4.49. The first-order valence-corrected chi connectivity index (χ1v) is 7.78. The topological polar surface area (TPSA) is 73.3 Å². The molecule has 0 saturated carbocycles. The van der Waals surface area contributed by atoms with E-state index in [4.69, 9.17) is 9.47 Å². The number of ether oxygens (including phenoxy) is 2. The standard InChI is InChI=1S/C14H14F3N3O3S/c1-3-22-9-6-5-8(7-10(9)23-4-2)11(21)18-13-20-19-12(24-13)14(15,16)17/h5-7H,3-4H2,1-2H3,(H,18,20,21). The van der Waals surface area contributed by atoms with Gasteiger partial charge < -0.3 is 9.47 Å². The van der Waals surface area contributed by atoms with E-state index in [0.717, 1.165) is 0 Å². The Morgan fingerprint density at radius 1 is 1.17 bits per heavy atom. The van der Waals surface area contributed by atoms with Crippen molar-refractivity contribution in [3.05, 3.63) is 28.8 Å². The Morgan fingerprint density at radius 2 is 1.83 bits per heavy atom. The zero-order valence-electron chi connectivity index (χ0n) is 12.8. The van der Waals surface area contributed by atoms with Crippen LogP contribution < -0.4 is 14.8 Å². The van der Waals surface area contributed by atoms with Gasteiger partial charge in [-0.15, -0.1) is 10.2 Å². The SMILES string of the molecule is CCOc1ccc(C(=O)Nc2nnc(C(F)(F)F)s2)cc1OCC. The first-order valence-electron chi connectivity index (χ1n) is 6.96. The van der Waals surface area contributed by atoms with Gasteiger partial charge in [0.05, 0.1) is 13.2 Å². The van der Waals surface area contributed by atoms with Gasteiger partial charge in [0.15, 0.2) is 11.5 Å². The molecule has 6 nitrogen and oxygen atoms in total. The van der Waals surface area contributed by atoms with Crippen molar-refractivity contribution in [1.82, 2.24) is 10.2 Å². The van der Waals surface area contributed by atoms with Gasteiger partial charge in [0.25, 0.3) is 5.91 Å². The quantitative estimate of drug-likeness (QED) is 0.851. The Bertz CT molecular complexity index is 719. The van der Waals surface area contributed by atoms with Gasteiger partial charge in [0, 0.05) is 5.56 Å². The molecule has 0 unspecified atom stereocenters. The highest BCUT2D eigenvalue weighted by Crippen LogP contribution is 2.33. The highest BCUT2D eigenvalue weighted by atomic mass is 32.1. The maximum absolute atomic E-state index is 12.5. The third kappa shape index (κ3) is 4.34. The molecule has 0 radical (unpaired) electrons. The molecule has 130 valence electrons. The summed E-state index contributed by atoms with van der Waals surface area (Å²) in [5.74, 6) is 0.232. The average molecular weight is 361 g/mol. The lowest BCUT2D eigenvalue weighted by molar-refractivity contribution is -0.138. The summed E-state index contributed by atoms with van der Waals surface area (Å²) in [6.45, 7) is 4.39. The molecule has 0 spiro atoms. The molecule has 2 rings (SSSR count). The molecule has 0 fully saturated rings. The van der Waals surface area contributed by atoms with Crippen LogP contribution in [-0.2, 0) is 6.18 Å². The fourth-order valence-electron chi connectivity index (χ4n) is 1.75. The molecule has 0 bridgehead atoms. The Balaban J connectivity index is 2.17. The van der Waals surface area contributed by atoms with Crippen molar-refractivity contribution in [1.29, 1.82) is 0 Å². The fourth-order valence-corrected chi connectivity index (χ4v) is 2.36. The van der Waals surface area contributed by atoms with Crippen molar-refractivity contribution in [2.24, 2.45) is 0 Å². The number of nitrogens with zero attached hydrogens (tertiary/aromatic N) is 2. The summed E-state index contributed by atoms with van der Waals surface area (Å²) in [4.78, 5) is 12.1. The van der Waals surface area contributed by atoms with E-state index in [0.29, 0.717) is 24.7 Å². The molecular formula is C14H14F3N3O3S. The van der Waals surface area contributed by atoms with Crippen LogP contribution in [-0.4, -0.2) is 29.3 Å². The van der Waals surface area contributed by atoms with Crippen molar-refractivity contribution in [3.8, 4) is 11.5 Å². The second-order valence-corrected chi connectivity index (χ2v) is 5.37. The maximum atomic E-state index is 12.5. The highest BCUT2D eigenvalue weighted by Gasteiger charge is 2.35. The number of hydrogen-bond acceptors (Lipinski definition) is 6. The van der Waals surface area contributed by atoms with Gasteiger partial charge in [-0.25, -0.2) is 0 Å². The zero-order chi connectivity index (χ0) is 17.7. The van der Waals surface area contributed by atoms with Crippen molar-refractivity contribution in [2.75, 3.05) is 18.5 Å². The van der Waals surface area contributed by atoms with E-state index in [1.807, 2.05) is 6.92 Å². The molecule has 1 amide bonds. The molecule has 2 aromatic rings. The van der Waals surface area contributed by atoms with Crippen molar-refractivity contribution in [3.63, 3.8) is 0 Å². The number of amides is 1. The van der Waals surface area contributed by atoms with E-state index in [2.05, 4.69) is 15.5 Å². The number of carbonyl (C=O) groups excluding carboxylic acids is 1. The molecule has 24 heavy (non-hydrogen) atoms. The Morgan fingerprint density at radius 3 is 2.42 bits per heavy atom. The lowest BCUT2D eigenvalue weighted by Gasteiger charge is -2.12. The number of benzene rings is 1.